The van der Waals surface area contributed by atoms with Crippen molar-refractivity contribution in [2.45, 2.75) is 19.3 Å². The third-order valence-corrected chi connectivity index (χ3v) is 6.90. The molecule has 1 aliphatic rings. The fourth-order valence-corrected chi connectivity index (χ4v) is 5.29. The average molecular weight is 397 g/mol. The van der Waals surface area contributed by atoms with Crippen LogP contribution >= 0.6 is 0 Å². The van der Waals surface area contributed by atoms with E-state index in [0.717, 1.165) is 0 Å². The molecule has 5 aromatic rings. The summed E-state index contributed by atoms with van der Waals surface area (Å²) in [4.78, 5) is 0. The lowest BCUT2D eigenvalue weighted by Crippen LogP contribution is -2.14. The molecule has 0 saturated heterocycles. The maximum absolute atomic E-state index is 2.42. The van der Waals surface area contributed by atoms with Crippen LogP contribution in [0.4, 0.5) is 0 Å². The van der Waals surface area contributed by atoms with Gasteiger partial charge >= 0.3 is 0 Å². The van der Waals surface area contributed by atoms with E-state index in [9.17, 15) is 0 Å². The van der Waals surface area contributed by atoms with Gasteiger partial charge < -0.3 is 0 Å². The Morgan fingerprint density at radius 1 is 0.419 bits per heavy atom. The molecule has 6 rings (SSSR count). The predicted octanol–water partition coefficient (Wildman–Crippen LogP) is 8.48. The Balaban J connectivity index is 1.56. The largest absolute Gasteiger partial charge is 0.0622 e. The Morgan fingerprint density at radius 2 is 0.968 bits per heavy atom. The summed E-state index contributed by atoms with van der Waals surface area (Å²) in [7, 11) is 0. The predicted molar refractivity (Wildman–Crippen MR) is 132 cm³/mol. The van der Waals surface area contributed by atoms with Gasteiger partial charge in [-0.15, -0.1) is 0 Å². The monoisotopic (exact) mass is 396 g/mol. The van der Waals surface area contributed by atoms with Crippen molar-refractivity contribution in [1.82, 2.24) is 0 Å². The molecule has 148 valence electrons. The molecule has 0 fully saturated rings. The molecule has 5 aromatic carbocycles. The second-order valence-corrected chi connectivity index (χ2v) is 9.00. The minimum absolute atomic E-state index is 0.0156. The summed E-state index contributed by atoms with van der Waals surface area (Å²) in [6.45, 7) is 4.69. The van der Waals surface area contributed by atoms with Crippen LogP contribution < -0.4 is 0 Å². The highest BCUT2D eigenvalue weighted by Crippen LogP contribution is 2.50. The van der Waals surface area contributed by atoms with Gasteiger partial charge in [-0.1, -0.05) is 117 Å². The summed E-state index contributed by atoms with van der Waals surface area (Å²) in [6.07, 6.45) is 0. The summed E-state index contributed by atoms with van der Waals surface area (Å²) < 4.78 is 0. The molecule has 0 aliphatic heterocycles. The van der Waals surface area contributed by atoms with Gasteiger partial charge in [-0.05, 0) is 61.3 Å². The Morgan fingerprint density at radius 3 is 1.71 bits per heavy atom. The Kier molecular flexibility index (Phi) is 3.91. The van der Waals surface area contributed by atoms with E-state index >= 15 is 0 Å². The first kappa shape index (κ1) is 18.2. The zero-order chi connectivity index (χ0) is 21.0. The average Bonchev–Trinajstić information content (AvgIpc) is 3.06. The van der Waals surface area contributed by atoms with Crippen LogP contribution in [0.3, 0.4) is 0 Å². The molecule has 0 N–H and O–H groups in total. The van der Waals surface area contributed by atoms with Crippen molar-refractivity contribution >= 4 is 10.8 Å². The summed E-state index contributed by atoms with van der Waals surface area (Å²) in [5.41, 5.74) is 10.7. The second kappa shape index (κ2) is 6.68. The highest BCUT2D eigenvalue weighted by Gasteiger charge is 2.35. The zero-order valence-corrected chi connectivity index (χ0v) is 17.9. The van der Waals surface area contributed by atoms with Crippen molar-refractivity contribution < 1.29 is 0 Å². The molecule has 0 nitrogen and oxygen atoms in total. The first-order chi connectivity index (χ1) is 15.1. The van der Waals surface area contributed by atoms with Crippen molar-refractivity contribution in [1.29, 1.82) is 0 Å². The summed E-state index contributed by atoms with van der Waals surface area (Å²) in [5, 5.41) is 2.60. The molecule has 0 aromatic heterocycles. The third kappa shape index (κ3) is 2.68. The van der Waals surface area contributed by atoms with Crippen molar-refractivity contribution in [3.05, 3.63) is 120 Å². The van der Waals surface area contributed by atoms with E-state index in [1.54, 1.807) is 0 Å². The maximum Gasteiger partial charge on any atom is 0.0159 e. The molecule has 0 amide bonds. The van der Waals surface area contributed by atoms with Crippen LogP contribution in [0, 0.1) is 0 Å². The highest BCUT2D eigenvalue weighted by atomic mass is 14.4. The van der Waals surface area contributed by atoms with E-state index < -0.39 is 0 Å². The topological polar surface area (TPSA) is 0 Å². The first-order valence-electron chi connectivity index (χ1n) is 11.0. The van der Waals surface area contributed by atoms with Crippen LogP contribution in [0.1, 0.15) is 25.0 Å². The van der Waals surface area contributed by atoms with Gasteiger partial charge in [0, 0.05) is 5.41 Å². The smallest absolute Gasteiger partial charge is 0.0159 e. The molecule has 0 spiro atoms. The van der Waals surface area contributed by atoms with Gasteiger partial charge in [0.2, 0.25) is 0 Å². The zero-order valence-electron chi connectivity index (χ0n) is 17.9. The molecule has 0 heteroatoms. The van der Waals surface area contributed by atoms with Crippen molar-refractivity contribution in [2.24, 2.45) is 0 Å². The van der Waals surface area contributed by atoms with Crippen molar-refractivity contribution in [2.75, 3.05) is 0 Å². The van der Waals surface area contributed by atoms with Crippen LogP contribution in [0.15, 0.2) is 109 Å². The van der Waals surface area contributed by atoms with E-state index in [0.29, 0.717) is 0 Å². The molecule has 0 heterocycles. The molecule has 31 heavy (non-hydrogen) atoms. The lowest BCUT2D eigenvalue weighted by molar-refractivity contribution is 0.660. The quantitative estimate of drug-likeness (QED) is 0.281. The maximum atomic E-state index is 2.42. The Hall–Kier alpha value is -3.64. The van der Waals surface area contributed by atoms with E-state index in [1.165, 1.54) is 55.3 Å². The molecule has 0 bridgehead atoms. The van der Waals surface area contributed by atoms with Crippen molar-refractivity contribution in [3.63, 3.8) is 0 Å². The molecule has 0 saturated carbocycles. The minimum Gasteiger partial charge on any atom is -0.0622 e. The number of fused-ring (bicyclic) bond motifs is 4. The standard InChI is InChI=1S/C31H24/c1-31(2)29-15-9-8-14-27(29)28-17-16-22(20-30(28)31)24-19-18-23(21-10-4-3-5-11-21)25-12-6-7-13-26(24)25/h3-20H,1-2H3. The van der Waals surface area contributed by atoms with Crippen LogP contribution in [-0.4, -0.2) is 0 Å². The first-order valence-corrected chi connectivity index (χ1v) is 11.0. The second-order valence-electron chi connectivity index (χ2n) is 9.00. The van der Waals surface area contributed by atoms with Crippen LogP contribution in [0.2, 0.25) is 0 Å². The lowest BCUT2D eigenvalue weighted by atomic mass is 9.81. The number of hydrogen-bond donors (Lipinski definition) is 0. The van der Waals surface area contributed by atoms with Gasteiger partial charge in [-0.25, -0.2) is 0 Å². The summed E-state index contributed by atoms with van der Waals surface area (Å²) >= 11 is 0. The van der Waals surface area contributed by atoms with Crippen LogP contribution in [0.5, 0.6) is 0 Å². The summed E-state index contributed by atoms with van der Waals surface area (Å²) in [5.74, 6) is 0. The van der Waals surface area contributed by atoms with Gasteiger partial charge in [-0.3, -0.25) is 0 Å². The van der Waals surface area contributed by atoms with Gasteiger partial charge in [0.25, 0.3) is 0 Å². The molecule has 1 aliphatic carbocycles. The molecular formula is C31H24. The van der Waals surface area contributed by atoms with E-state index in [1.807, 2.05) is 0 Å². The third-order valence-electron chi connectivity index (χ3n) is 6.90. The number of rotatable bonds is 2. The highest BCUT2D eigenvalue weighted by molar-refractivity contribution is 6.05. The molecule has 0 atom stereocenters. The molecule has 0 radical (unpaired) electrons. The number of benzene rings is 5. The van der Waals surface area contributed by atoms with Gasteiger partial charge in [0.1, 0.15) is 0 Å². The van der Waals surface area contributed by atoms with E-state index in [-0.39, 0.29) is 5.41 Å². The Bertz CT molecular complexity index is 1440. The molecule has 0 unspecified atom stereocenters. The van der Waals surface area contributed by atoms with Crippen molar-refractivity contribution in [3.8, 4) is 33.4 Å². The minimum atomic E-state index is 0.0156. The fourth-order valence-electron chi connectivity index (χ4n) is 5.29. The van der Waals surface area contributed by atoms with E-state index in [2.05, 4.69) is 123 Å². The van der Waals surface area contributed by atoms with Crippen LogP contribution in [-0.2, 0) is 5.41 Å². The fraction of sp³-hybridized carbons (Fsp3) is 0.0968. The van der Waals surface area contributed by atoms with E-state index in [4.69, 9.17) is 0 Å². The SMILES string of the molecule is CC1(C)c2ccccc2-c2ccc(-c3ccc(-c4ccccc4)c4ccccc34)cc21. The lowest BCUT2D eigenvalue weighted by Gasteiger charge is -2.22. The summed E-state index contributed by atoms with van der Waals surface area (Å²) in [6, 6.07) is 39.9. The molecular weight excluding hydrogens is 372 g/mol. The van der Waals surface area contributed by atoms with Gasteiger partial charge in [-0.2, -0.15) is 0 Å². The number of hydrogen-bond acceptors (Lipinski definition) is 0. The normalized spacial score (nSPS) is 13.7. The van der Waals surface area contributed by atoms with Gasteiger partial charge in [0.05, 0.1) is 0 Å². The van der Waals surface area contributed by atoms with Crippen LogP contribution in [0.25, 0.3) is 44.2 Å². The van der Waals surface area contributed by atoms with Gasteiger partial charge in [0.15, 0.2) is 0 Å². The Labute approximate surface area is 183 Å².